The van der Waals surface area contributed by atoms with Crippen LogP contribution in [0.1, 0.15) is 11.8 Å². The van der Waals surface area contributed by atoms with Crippen molar-refractivity contribution in [1.29, 1.82) is 0 Å². The number of fused-ring (bicyclic) bond motifs is 1. The third kappa shape index (κ3) is 3.07. The molecule has 2 amide bonds. The van der Waals surface area contributed by atoms with Gasteiger partial charge in [0.05, 0.1) is 6.42 Å². The number of carbonyl (C=O) groups excluding carboxylic acids is 2. The van der Waals surface area contributed by atoms with Crippen molar-refractivity contribution in [3.05, 3.63) is 33.4 Å². The van der Waals surface area contributed by atoms with Crippen molar-refractivity contribution in [3.63, 3.8) is 0 Å². The molecular formula is C14H17N2O5PS2. The first-order chi connectivity index (χ1) is 11.3. The number of carbonyl (C=O) groups is 2. The average molecular weight is 388 g/mol. The lowest BCUT2D eigenvalue weighted by molar-refractivity contribution is -0.145. The highest BCUT2D eigenvalue weighted by molar-refractivity contribution is 8.00. The second-order valence-electron chi connectivity index (χ2n) is 5.52. The fourth-order valence-electron chi connectivity index (χ4n) is 2.73. The van der Waals surface area contributed by atoms with Crippen molar-refractivity contribution in [2.45, 2.75) is 24.8 Å². The summed E-state index contributed by atoms with van der Waals surface area (Å²) < 4.78 is 16.9. The maximum atomic E-state index is 12.4. The summed E-state index contributed by atoms with van der Waals surface area (Å²) in [5.74, 6) is -0.107. The van der Waals surface area contributed by atoms with Gasteiger partial charge in [0.25, 0.3) is 5.91 Å². The Morgan fingerprint density at radius 2 is 2.33 bits per heavy atom. The van der Waals surface area contributed by atoms with Crippen molar-refractivity contribution in [2.24, 2.45) is 0 Å². The summed E-state index contributed by atoms with van der Waals surface area (Å²) in [5, 5.41) is 4.24. The molecule has 7 nitrogen and oxygen atoms in total. The van der Waals surface area contributed by atoms with Crippen molar-refractivity contribution < 1.29 is 23.6 Å². The zero-order chi connectivity index (χ0) is 17.5. The summed E-state index contributed by atoms with van der Waals surface area (Å²) in [6, 6.07) is 3.05. The second kappa shape index (κ2) is 6.65. The van der Waals surface area contributed by atoms with Crippen LogP contribution in [0.4, 0.5) is 0 Å². The fraction of sp³-hybridized carbons (Fsp3) is 0.429. The molecule has 0 bridgehead atoms. The molecule has 1 aromatic heterocycles. The van der Waals surface area contributed by atoms with Crippen LogP contribution in [-0.4, -0.2) is 45.9 Å². The highest BCUT2D eigenvalue weighted by Crippen LogP contribution is 2.58. The Morgan fingerprint density at radius 1 is 1.58 bits per heavy atom. The van der Waals surface area contributed by atoms with E-state index in [1.54, 1.807) is 6.92 Å². The third-order valence-electron chi connectivity index (χ3n) is 3.87. The van der Waals surface area contributed by atoms with E-state index in [1.807, 2.05) is 17.5 Å². The lowest BCUT2D eigenvalue weighted by atomic mass is 10.1. The van der Waals surface area contributed by atoms with Crippen molar-refractivity contribution in [3.8, 4) is 0 Å². The van der Waals surface area contributed by atoms with Gasteiger partial charge in [-0.05, 0) is 23.9 Å². The second-order valence-corrected chi connectivity index (χ2v) is 9.48. The standard InChI is InChI=1S/C14H17N2O5PS2/c1-8-7-24-14-11(15-10(17)6-9-4-3-5-23-9)12(18)16(14)13(8)22(19,20)21-2/h3-5,11,14H,6-7H2,1-2H3,(H,15,17)(H,19,20)/t11-,14-/m1/s1. The molecule has 3 rings (SSSR count). The zero-order valence-corrected chi connectivity index (χ0v) is 15.6. The number of hydrogen-bond donors (Lipinski definition) is 2. The quantitative estimate of drug-likeness (QED) is 0.589. The molecule has 3 atom stereocenters. The third-order valence-corrected chi connectivity index (χ3v) is 7.80. The number of nitrogens with zero attached hydrogens (tertiary/aromatic N) is 1. The number of rotatable bonds is 5. The molecule has 0 aliphatic carbocycles. The number of nitrogens with one attached hydrogen (secondary N) is 1. The summed E-state index contributed by atoms with van der Waals surface area (Å²) in [5.41, 5.74) is 0.683. The molecule has 2 aliphatic heterocycles. The van der Waals surface area contributed by atoms with Crippen LogP contribution in [-0.2, 0) is 25.1 Å². The van der Waals surface area contributed by atoms with Gasteiger partial charge in [-0.3, -0.25) is 19.1 Å². The Labute approximate surface area is 147 Å². The minimum Gasteiger partial charge on any atom is -0.341 e. The first-order valence-electron chi connectivity index (χ1n) is 7.20. The van der Waals surface area contributed by atoms with Crippen molar-refractivity contribution in [2.75, 3.05) is 12.9 Å². The molecule has 3 heterocycles. The van der Waals surface area contributed by atoms with E-state index < -0.39 is 13.6 Å². The van der Waals surface area contributed by atoms with E-state index in [1.165, 1.54) is 28.0 Å². The van der Waals surface area contributed by atoms with E-state index in [4.69, 9.17) is 4.52 Å². The molecule has 0 radical (unpaired) electrons. The number of hydrogen-bond acceptors (Lipinski definition) is 6. The topological polar surface area (TPSA) is 95.9 Å². The SMILES string of the molecule is COP(=O)(O)C1=C(C)CS[C@@H]2[C@H](NC(=O)Cc3cccs3)C(=O)N12. The van der Waals surface area contributed by atoms with Gasteiger partial charge in [0.1, 0.15) is 16.9 Å². The van der Waals surface area contributed by atoms with Crippen molar-refractivity contribution >= 4 is 42.5 Å². The highest BCUT2D eigenvalue weighted by Gasteiger charge is 2.55. The molecule has 1 saturated heterocycles. The molecule has 24 heavy (non-hydrogen) atoms. The van der Waals surface area contributed by atoms with Gasteiger partial charge in [0, 0.05) is 17.7 Å². The number of thiophene rings is 1. The van der Waals surface area contributed by atoms with Crippen LogP contribution in [0.5, 0.6) is 0 Å². The number of β-lactam (4-membered cyclic amide) rings is 1. The van der Waals surface area contributed by atoms with E-state index >= 15 is 0 Å². The van der Waals surface area contributed by atoms with Crippen LogP contribution in [0.15, 0.2) is 28.5 Å². The van der Waals surface area contributed by atoms with Gasteiger partial charge in [-0.15, -0.1) is 23.1 Å². The lowest BCUT2D eigenvalue weighted by Gasteiger charge is -2.50. The van der Waals surface area contributed by atoms with Gasteiger partial charge in [0.2, 0.25) is 5.91 Å². The van der Waals surface area contributed by atoms with Gasteiger partial charge < -0.3 is 14.7 Å². The van der Waals surface area contributed by atoms with Crippen LogP contribution < -0.4 is 5.32 Å². The Morgan fingerprint density at radius 3 is 2.96 bits per heavy atom. The smallest absolute Gasteiger partial charge is 0.341 e. The predicted octanol–water partition coefficient (Wildman–Crippen LogP) is 1.75. The zero-order valence-electron chi connectivity index (χ0n) is 13.1. The number of thioether (sulfide) groups is 1. The molecule has 2 aliphatic rings. The van der Waals surface area contributed by atoms with Crippen LogP contribution in [0.2, 0.25) is 0 Å². The first kappa shape index (κ1) is 17.7. The largest absolute Gasteiger partial charge is 0.374 e. The Hall–Kier alpha value is -1.12. The number of amides is 2. The van der Waals surface area contributed by atoms with E-state index in [-0.39, 0.29) is 29.0 Å². The maximum Gasteiger partial charge on any atom is 0.374 e. The molecule has 0 saturated carbocycles. The molecule has 0 spiro atoms. The molecule has 2 N–H and O–H groups in total. The first-order valence-corrected chi connectivity index (χ1v) is 10.7. The fourth-order valence-corrected chi connectivity index (χ4v) is 6.14. The summed E-state index contributed by atoms with van der Waals surface area (Å²) in [4.78, 5) is 36.7. The van der Waals surface area contributed by atoms with Crippen LogP contribution in [0.25, 0.3) is 0 Å². The minimum absolute atomic E-state index is 0.0440. The van der Waals surface area contributed by atoms with E-state index in [2.05, 4.69) is 5.32 Å². The monoisotopic (exact) mass is 388 g/mol. The summed E-state index contributed by atoms with van der Waals surface area (Å²) in [6.45, 7) is 1.70. The average Bonchev–Trinajstić information content (AvgIpc) is 3.05. The van der Waals surface area contributed by atoms with E-state index in [0.29, 0.717) is 11.3 Å². The van der Waals surface area contributed by atoms with E-state index in [9.17, 15) is 19.0 Å². The van der Waals surface area contributed by atoms with Crippen LogP contribution >= 0.6 is 30.7 Å². The van der Waals surface area contributed by atoms with Gasteiger partial charge in [-0.25, -0.2) is 0 Å². The molecule has 1 fully saturated rings. The summed E-state index contributed by atoms with van der Waals surface area (Å²) >= 11 is 2.94. The van der Waals surface area contributed by atoms with Gasteiger partial charge in [-0.2, -0.15) is 0 Å². The summed E-state index contributed by atoms with van der Waals surface area (Å²) in [7, 11) is -2.89. The molecule has 10 heteroatoms. The van der Waals surface area contributed by atoms with Crippen molar-refractivity contribution in [1.82, 2.24) is 10.2 Å². The Kier molecular flexibility index (Phi) is 4.90. The van der Waals surface area contributed by atoms with Crippen LogP contribution in [0, 0.1) is 0 Å². The minimum atomic E-state index is -4.03. The molecular weight excluding hydrogens is 371 g/mol. The maximum absolute atomic E-state index is 12.4. The van der Waals surface area contributed by atoms with Crippen LogP contribution in [0.3, 0.4) is 0 Å². The highest BCUT2D eigenvalue weighted by atomic mass is 32.2. The normalized spacial score (nSPS) is 25.8. The molecule has 1 aromatic rings. The van der Waals surface area contributed by atoms with Gasteiger partial charge in [0.15, 0.2) is 0 Å². The van der Waals surface area contributed by atoms with E-state index in [0.717, 1.165) is 12.0 Å². The summed E-state index contributed by atoms with van der Waals surface area (Å²) in [6.07, 6.45) is 0.219. The molecule has 130 valence electrons. The Balaban J connectivity index is 1.72. The van der Waals surface area contributed by atoms with Gasteiger partial charge in [-0.1, -0.05) is 6.07 Å². The molecule has 0 aromatic carbocycles. The van der Waals surface area contributed by atoms with Gasteiger partial charge >= 0.3 is 7.60 Å². The lowest BCUT2D eigenvalue weighted by Crippen LogP contribution is -2.69. The molecule has 1 unspecified atom stereocenters. The predicted molar refractivity (Wildman–Crippen MR) is 92.6 cm³/mol. The Bertz CT molecular complexity index is 748.